The zero-order chi connectivity index (χ0) is 18.5. The molecule has 0 radical (unpaired) electrons. The first-order chi connectivity index (χ1) is 12.6. The van der Waals surface area contributed by atoms with Crippen LogP contribution in [0.25, 0.3) is 0 Å². The summed E-state index contributed by atoms with van der Waals surface area (Å²) in [6.07, 6.45) is 1.71. The lowest BCUT2D eigenvalue weighted by Crippen LogP contribution is -2.55. The number of carbonyl (C=O) groups is 1. The molecule has 2 fully saturated rings. The van der Waals surface area contributed by atoms with Gasteiger partial charge < -0.3 is 20.1 Å². The molecule has 0 saturated carbocycles. The number of amides is 1. The summed E-state index contributed by atoms with van der Waals surface area (Å²) in [5, 5.41) is 0. The molecule has 1 aromatic rings. The number of methoxy groups -OCH3 is 1. The third kappa shape index (κ3) is 4.52. The third-order valence-electron chi connectivity index (χ3n) is 5.37. The van der Waals surface area contributed by atoms with Gasteiger partial charge in [-0.1, -0.05) is 6.07 Å². The topological polar surface area (TPSA) is 68.0 Å². The van der Waals surface area contributed by atoms with Crippen LogP contribution in [0.1, 0.15) is 18.4 Å². The van der Waals surface area contributed by atoms with Gasteiger partial charge in [-0.3, -0.25) is 9.69 Å². The lowest BCUT2D eigenvalue weighted by molar-refractivity contribution is -0.136. The Bertz CT molecular complexity index is 614. The minimum atomic E-state index is -0.430. The average molecular weight is 365 g/mol. The molecule has 1 atom stereocenters. The van der Waals surface area contributed by atoms with E-state index in [4.69, 9.17) is 15.2 Å². The van der Waals surface area contributed by atoms with E-state index in [9.17, 15) is 9.18 Å². The monoisotopic (exact) mass is 365 g/mol. The number of halogens is 1. The first-order valence-corrected chi connectivity index (χ1v) is 9.25. The van der Waals surface area contributed by atoms with Gasteiger partial charge in [-0.15, -0.1) is 0 Å². The van der Waals surface area contributed by atoms with E-state index in [-0.39, 0.29) is 23.4 Å². The standard InChI is InChI=1S/C19H28FN3O3/c1-25-17-3-2-14(12-16(17)20)13-22-6-8-23(9-7-22)19(24)18(21)15-4-10-26-11-5-15/h2-3,12,15,18H,4-11,13,21H2,1H3. The molecule has 144 valence electrons. The largest absolute Gasteiger partial charge is 0.494 e. The van der Waals surface area contributed by atoms with Crippen LogP contribution < -0.4 is 10.5 Å². The fraction of sp³-hybridized carbons (Fsp3) is 0.632. The fourth-order valence-corrected chi connectivity index (χ4v) is 3.68. The highest BCUT2D eigenvalue weighted by Gasteiger charge is 2.31. The van der Waals surface area contributed by atoms with Crippen LogP contribution in [0.4, 0.5) is 4.39 Å². The zero-order valence-electron chi connectivity index (χ0n) is 15.3. The van der Waals surface area contributed by atoms with Gasteiger partial charge in [0.2, 0.25) is 5.91 Å². The van der Waals surface area contributed by atoms with Gasteiger partial charge >= 0.3 is 0 Å². The summed E-state index contributed by atoms with van der Waals surface area (Å²) < 4.78 is 24.1. The number of piperazine rings is 1. The van der Waals surface area contributed by atoms with E-state index in [1.807, 2.05) is 11.0 Å². The number of ether oxygens (including phenoxy) is 2. The Hall–Kier alpha value is -1.70. The first-order valence-electron chi connectivity index (χ1n) is 9.25. The van der Waals surface area contributed by atoms with Crippen LogP contribution in [-0.2, 0) is 16.1 Å². The van der Waals surface area contributed by atoms with Gasteiger partial charge in [0, 0.05) is 45.9 Å². The molecule has 1 unspecified atom stereocenters. The van der Waals surface area contributed by atoms with Crippen molar-refractivity contribution < 1.29 is 18.7 Å². The predicted molar refractivity (Wildman–Crippen MR) is 96.3 cm³/mol. The maximum absolute atomic E-state index is 13.8. The first kappa shape index (κ1) is 19.1. The minimum absolute atomic E-state index is 0.0482. The molecule has 2 heterocycles. The van der Waals surface area contributed by atoms with Gasteiger partial charge in [-0.2, -0.15) is 0 Å². The van der Waals surface area contributed by atoms with Gasteiger partial charge in [0.1, 0.15) is 0 Å². The molecular formula is C19H28FN3O3. The summed E-state index contributed by atoms with van der Waals surface area (Å²) in [5.74, 6) is 0.177. The molecular weight excluding hydrogens is 337 g/mol. The fourth-order valence-electron chi connectivity index (χ4n) is 3.68. The van der Waals surface area contributed by atoms with Crippen molar-refractivity contribution in [1.82, 2.24) is 9.80 Å². The Morgan fingerprint density at radius 2 is 2.00 bits per heavy atom. The second kappa shape index (κ2) is 8.79. The van der Waals surface area contributed by atoms with Gasteiger partial charge in [0.25, 0.3) is 0 Å². The van der Waals surface area contributed by atoms with Crippen LogP contribution in [0.5, 0.6) is 5.75 Å². The van der Waals surface area contributed by atoms with E-state index >= 15 is 0 Å². The van der Waals surface area contributed by atoms with Gasteiger partial charge in [-0.05, 0) is 36.5 Å². The van der Waals surface area contributed by atoms with Crippen molar-refractivity contribution in [3.05, 3.63) is 29.6 Å². The maximum Gasteiger partial charge on any atom is 0.239 e. The molecule has 7 heteroatoms. The summed E-state index contributed by atoms with van der Waals surface area (Å²) in [6, 6.07) is 4.61. The smallest absolute Gasteiger partial charge is 0.239 e. The normalized spacial score (nSPS) is 20.8. The molecule has 0 aromatic heterocycles. The number of hydrogen-bond donors (Lipinski definition) is 1. The van der Waals surface area contributed by atoms with Crippen LogP contribution in [-0.4, -0.2) is 68.3 Å². The molecule has 2 saturated heterocycles. The summed E-state index contributed by atoms with van der Waals surface area (Å²) in [7, 11) is 1.46. The van der Waals surface area contributed by atoms with Crippen LogP contribution in [0.2, 0.25) is 0 Å². The van der Waals surface area contributed by atoms with Crippen molar-refractivity contribution in [2.24, 2.45) is 11.7 Å². The van der Waals surface area contributed by atoms with Crippen molar-refractivity contribution in [3.63, 3.8) is 0 Å². The van der Waals surface area contributed by atoms with Gasteiger partial charge in [-0.25, -0.2) is 4.39 Å². The lowest BCUT2D eigenvalue weighted by atomic mass is 9.91. The average Bonchev–Trinajstić information content (AvgIpc) is 2.68. The molecule has 0 aliphatic carbocycles. The second-order valence-corrected chi connectivity index (χ2v) is 7.05. The molecule has 1 aromatic carbocycles. The Morgan fingerprint density at radius 3 is 2.62 bits per heavy atom. The Morgan fingerprint density at radius 1 is 1.31 bits per heavy atom. The SMILES string of the molecule is COc1ccc(CN2CCN(C(=O)C(N)C3CCOCC3)CC2)cc1F. The molecule has 2 aliphatic rings. The van der Waals surface area contributed by atoms with Crippen molar-refractivity contribution in [1.29, 1.82) is 0 Å². The second-order valence-electron chi connectivity index (χ2n) is 7.05. The van der Waals surface area contributed by atoms with Crippen LogP contribution in [0.3, 0.4) is 0 Å². The molecule has 0 spiro atoms. The highest BCUT2D eigenvalue weighted by atomic mass is 19.1. The van der Waals surface area contributed by atoms with Crippen LogP contribution >= 0.6 is 0 Å². The number of hydrogen-bond acceptors (Lipinski definition) is 5. The van der Waals surface area contributed by atoms with E-state index < -0.39 is 6.04 Å². The Kier molecular flexibility index (Phi) is 6.45. The highest BCUT2D eigenvalue weighted by molar-refractivity contribution is 5.82. The lowest BCUT2D eigenvalue weighted by Gasteiger charge is -2.37. The number of rotatable bonds is 5. The number of nitrogens with zero attached hydrogens (tertiary/aromatic N) is 2. The van der Waals surface area contributed by atoms with Gasteiger partial charge in [0.05, 0.1) is 13.2 Å². The Balaban J connectivity index is 1.49. The van der Waals surface area contributed by atoms with Crippen molar-refractivity contribution in [2.45, 2.75) is 25.4 Å². The van der Waals surface area contributed by atoms with Crippen molar-refractivity contribution in [3.8, 4) is 5.75 Å². The summed E-state index contributed by atoms with van der Waals surface area (Å²) in [6.45, 7) is 4.90. The molecule has 1 amide bonds. The summed E-state index contributed by atoms with van der Waals surface area (Å²) >= 11 is 0. The zero-order valence-corrected chi connectivity index (χ0v) is 15.3. The molecule has 2 aliphatic heterocycles. The third-order valence-corrected chi connectivity index (χ3v) is 5.37. The van der Waals surface area contributed by atoms with Crippen LogP contribution in [0.15, 0.2) is 18.2 Å². The maximum atomic E-state index is 13.8. The quantitative estimate of drug-likeness (QED) is 0.850. The molecule has 6 nitrogen and oxygen atoms in total. The summed E-state index contributed by atoms with van der Waals surface area (Å²) in [5.41, 5.74) is 7.12. The van der Waals surface area contributed by atoms with Gasteiger partial charge in [0.15, 0.2) is 11.6 Å². The molecule has 2 N–H and O–H groups in total. The molecule has 0 bridgehead atoms. The predicted octanol–water partition coefficient (Wildman–Crippen LogP) is 1.23. The number of carbonyl (C=O) groups excluding carboxylic acids is 1. The molecule has 3 rings (SSSR count). The van der Waals surface area contributed by atoms with E-state index in [0.29, 0.717) is 32.8 Å². The van der Waals surface area contributed by atoms with E-state index in [1.165, 1.54) is 13.2 Å². The minimum Gasteiger partial charge on any atom is -0.494 e. The van der Waals surface area contributed by atoms with E-state index in [2.05, 4.69) is 4.90 Å². The highest BCUT2D eigenvalue weighted by Crippen LogP contribution is 2.21. The number of benzene rings is 1. The number of nitrogens with two attached hydrogens (primary N) is 1. The van der Waals surface area contributed by atoms with E-state index in [0.717, 1.165) is 31.5 Å². The van der Waals surface area contributed by atoms with E-state index in [1.54, 1.807) is 6.07 Å². The molecule has 26 heavy (non-hydrogen) atoms. The Labute approximate surface area is 154 Å². The summed E-state index contributed by atoms with van der Waals surface area (Å²) in [4.78, 5) is 16.7. The van der Waals surface area contributed by atoms with Crippen molar-refractivity contribution in [2.75, 3.05) is 46.5 Å². The van der Waals surface area contributed by atoms with Crippen LogP contribution in [0, 0.1) is 11.7 Å². The van der Waals surface area contributed by atoms with Crippen molar-refractivity contribution >= 4 is 5.91 Å².